The second kappa shape index (κ2) is 8.46. The fourth-order valence-electron chi connectivity index (χ4n) is 2.95. The van der Waals surface area contributed by atoms with Gasteiger partial charge in [0.05, 0.1) is 10.4 Å². The summed E-state index contributed by atoms with van der Waals surface area (Å²) in [4.78, 5) is 24.7. The van der Waals surface area contributed by atoms with Crippen molar-refractivity contribution in [2.75, 3.05) is 0 Å². The van der Waals surface area contributed by atoms with E-state index in [-0.39, 0.29) is 16.6 Å². The van der Waals surface area contributed by atoms with E-state index in [0.717, 1.165) is 21.4 Å². The van der Waals surface area contributed by atoms with Crippen molar-refractivity contribution in [1.82, 2.24) is 15.0 Å². The smallest absolute Gasteiger partial charge is 0.363 e. The summed E-state index contributed by atoms with van der Waals surface area (Å²) in [5.41, 5.74) is 1.63. The minimum Gasteiger partial charge on any atom is -0.434 e. The first kappa shape index (κ1) is 19.8. The van der Waals surface area contributed by atoms with Crippen molar-refractivity contribution in [3.05, 3.63) is 82.8 Å². The minimum atomic E-state index is -0.515. The average Bonchev–Trinajstić information content (AvgIpc) is 2.74. The Morgan fingerprint density at radius 3 is 2.50 bits per heavy atom. The maximum Gasteiger partial charge on any atom is 0.363 e. The normalized spacial score (nSPS) is 11.0. The monoisotopic (exact) mass is 418 g/mol. The van der Waals surface area contributed by atoms with Gasteiger partial charge in [0.25, 0.3) is 0 Å². The number of pyridine rings is 1. The van der Waals surface area contributed by atoms with Crippen molar-refractivity contribution in [3.8, 4) is 11.6 Å². The molecule has 2 aromatic heterocycles. The minimum absolute atomic E-state index is 0.0945. The Balaban J connectivity index is 1.70. The van der Waals surface area contributed by atoms with Crippen LogP contribution in [0.25, 0.3) is 10.9 Å². The number of nitrogens with zero attached hydrogens (tertiary/aromatic N) is 4. The molecule has 0 atom stereocenters. The van der Waals surface area contributed by atoms with Gasteiger partial charge in [0.15, 0.2) is 5.03 Å². The highest BCUT2D eigenvalue weighted by Crippen LogP contribution is 2.40. The molecule has 0 aliphatic heterocycles. The molecule has 0 aliphatic carbocycles. The van der Waals surface area contributed by atoms with Gasteiger partial charge in [-0.1, -0.05) is 55.9 Å². The van der Waals surface area contributed by atoms with E-state index in [1.165, 1.54) is 18.1 Å². The van der Waals surface area contributed by atoms with Crippen LogP contribution in [0.15, 0.2) is 77.0 Å². The molecule has 0 radical (unpaired) electrons. The Hall–Kier alpha value is -3.52. The fourth-order valence-corrected chi connectivity index (χ4v) is 3.93. The van der Waals surface area contributed by atoms with Crippen LogP contribution in [-0.2, 0) is 0 Å². The maximum atomic E-state index is 11.8. The van der Waals surface area contributed by atoms with E-state index in [2.05, 4.69) is 28.8 Å². The molecule has 0 unspecified atom stereocenters. The summed E-state index contributed by atoms with van der Waals surface area (Å²) >= 11 is 1.17. The van der Waals surface area contributed by atoms with Crippen LogP contribution in [-0.4, -0.2) is 19.9 Å². The molecule has 0 saturated heterocycles. The highest BCUT2D eigenvalue weighted by Gasteiger charge is 2.26. The van der Waals surface area contributed by atoms with Gasteiger partial charge in [0.1, 0.15) is 12.1 Å². The first-order valence-corrected chi connectivity index (χ1v) is 10.1. The highest BCUT2D eigenvalue weighted by atomic mass is 32.2. The van der Waals surface area contributed by atoms with Gasteiger partial charge in [0, 0.05) is 16.5 Å². The number of rotatable bonds is 6. The van der Waals surface area contributed by atoms with Gasteiger partial charge in [-0.05, 0) is 35.7 Å². The molecule has 0 spiro atoms. The average molecular weight is 418 g/mol. The van der Waals surface area contributed by atoms with Crippen LogP contribution in [0.5, 0.6) is 11.6 Å². The topological polar surface area (TPSA) is 91.0 Å². The number of benzene rings is 2. The van der Waals surface area contributed by atoms with Gasteiger partial charge in [-0.25, -0.2) is 4.98 Å². The molecule has 0 N–H and O–H groups in total. The lowest BCUT2D eigenvalue weighted by Crippen LogP contribution is -2.00. The summed E-state index contributed by atoms with van der Waals surface area (Å²) < 4.78 is 5.75. The number of hydrogen-bond acceptors (Lipinski definition) is 7. The lowest BCUT2D eigenvalue weighted by Gasteiger charge is -2.10. The molecule has 4 aromatic rings. The largest absolute Gasteiger partial charge is 0.434 e. The zero-order valence-corrected chi connectivity index (χ0v) is 17.2. The highest BCUT2D eigenvalue weighted by molar-refractivity contribution is 7.99. The Bertz CT molecular complexity index is 1210. The van der Waals surface area contributed by atoms with Crippen molar-refractivity contribution in [1.29, 1.82) is 0 Å². The van der Waals surface area contributed by atoms with E-state index < -0.39 is 4.92 Å². The Morgan fingerprint density at radius 2 is 1.77 bits per heavy atom. The summed E-state index contributed by atoms with van der Waals surface area (Å²) in [5, 5.41) is 13.0. The third kappa shape index (κ3) is 4.08. The Morgan fingerprint density at radius 1 is 1.00 bits per heavy atom. The lowest BCUT2D eigenvalue weighted by molar-refractivity contribution is -0.389. The zero-order chi connectivity index (χ0) is 21.1. The van der Waals surface area contributed by atoms with E-state index in [0.29, 0.717) is 11.7 Å². The summed E-state index contributed by atoms with van der Waals surface area (Å²) in [7, 11) is 0. The first-order valence-electron chi connectivity index (χ1n) is 9.31. The van der Waals surface area contributed by atoms with Crippen LogP contribution < -0.4 is 4.74 Å². The van der Waals surface area contributed by atoms with Crippen LogP contribution in [0.4, 0.5) is 5.69 Å². The quantitative estimate of drug-likeness (QED) is 0.215. The molecule has 0 amide bonds. The predicted octanol–water partition coefficient (Wildman–Crippen LogP) is 6.00. The molecule has 0 fully saturated rings. The van der Waals surface area contributed by atoms with Crippen molar-refractivity contribution in [3.63, 3.8) is 0 Å². The van der Waals surface area contributed by atoms with Crippen molar-refractivity contribution in [2.24, 2.45) is 0 Å². The second-order valence-electron chi connectivity index (χ2n) is 6.85. The molecule has 0 saturated carbocycles. The Labute approximate surface area is 177 Å². The molecule has 8 heteroatoms. The molecule has 4 rings (SSSR count). The number of aromatic nitrogens is 3. The SMILES string of the molecule is CC(C)c1ccc(Oc2ncnc(Sc3cccc4cccnc34)c2[N+](=O)[O-])cc1. The van der Waals surface area contributed by atoms with E-state index in [9.17, 15) is 10.1 Å². The number of ether oxygens (including phenoxy) is 1. The van der Waals surface area contributed by atoms with E-state index >= 15 is 0 Å². The molecular weight excluding hydrogens is 400 g/mol. The van der Waals surface area contributed by atoms with Gasteiger partial charge in [-0.2, -0.15) is 4.98 Å². The number of nitro groups is 1. The standard InChI is InChI=1S/C22H18N4O3S/c1-14(2)15-8-10-17(11-9-15)29-21-20(26(27)28)22(25-13-24-21)30-18-7-3-5-16-6-4-12-23-19(16)18/h3-14H,1-2H3. The molecule has 150 valence electrons. The summed E-state index contributed by atoms with van der Waals surface area (Å²) in [6, 6.07) is 16.9. The third-order valence-corrected chi connectivity index (χ3v) is 5.54. The van der Waals surface area contributed by atoms with Crippen LogP contribution in [0, 0.1) is 10.1 Å². The number of para-hydroxylation sites is 1. The van der Waals surface area contributed by atoms with Crippen molar-refractivity contribution >= 4 is 28.4 Å². The predicted molar refractivity (Wildman–Crippen MR) is 115 cm³/mol. The third-order valence-electron chi connectivity index (χ3n) is 4.50. The van der Waals surface area contributed by atoms with Gasteiger partial charge in [-0.3, -0.25) is 15.1 Å². The summed E-state index contributed by atoms with van der Waals surface area (Å²) in [5.74, 6) is 0.761. The summed E-state index contributed by atoms with van der Waals surface area (Å²) in [6.07, 6.45) is 2.96. The molecule has 0 bridgehead atoms. The van der Waals surface area contributed by atoms with Crippen LogP contribution >= 0.6 is 11.8 Å². The van der Waals surface area contributed by atoms with Gasteiger partial charge in [0.2, 0.25) is 0 Å². The Kier molecular flexibility index (Phi) is 5.58. The molecule has 2 aromatic carbocycles. The number of hydrogen-bond donors (Lipinski definition) is 0. The molecular formula is C22H18N4O3S. The maximum absolute atomic E-state index is 11.8. The van der Waals surface area contributed by atoms with Gasteiger partial charge >= 0.3 is 11.6 Å². The second-order valence-corrected chi connectivity index (χ2v) is 7.88. The van der Waals surface area contributed by atoms with E-state index in [4.69, 9.17) is 4.74 Å². The molecule has 2 heterocycles. The van der Waals surface area contributed by atoms with Crippen LogP contribution in [0.3, 0.4) is 0 Å². The van der Waals surface area contributed by atoms with Crippen molar-refractivity contribution < 1.29 is 9.66 Å². The number of fused-ring (bicyclic) bond motifs is 1. The first-order chi connectivity index (χ1) is 14.5. The van der Waals surface area contributed by atoms with E-state index in [1.807, 2.05) is 42.5 Å². The van der Waals surface area contributed by atoms with E-state index in [1.54, 1.807) is 18.3 Å². The summed E-state index contributed by atoms with van der Waals surface area (Å²) in [6.45, 7) is 4.19. The fraction of sp³-hybridized carbons (Fsp3) is 0.136. The van der Waals surface area contributed by atoms with Gasteiger partial charge < -0.3 is 4.74 Å². The van der Waals surface area contributed by atoms with Crippen LogP contribution in [0.2, 0.25) is 0 Å². The van der Waals surface area contributed by atoms with Crippen molar-refractivity contribution in [2.45, 2.75) is 29.7 Å². The molecule has 30 heavy (non-hydrogen) atoms. The zero-order valence-electron chi connectivity index (χ0n) is 16.4. The molecule has 7 nitrogen and oxygen atoms in total. The van der Waals surface area contributed by atoms with Crippen LogP contribution in [0.1, 0.15) is 25.3 Å². The molecule has 0 aliphatic rings. The lowest BCUT2D eigenvalue weighted by atomic mass is 10.0. The van der Waals surface area contributed by atoms with Gasteiger partial charge in [-0.15, -0.1) is 0 Å².